The number of ether oxygens (including phenoxy) is 3. The van der Waals surface area contributed by atoms with Crippen molar-refractivity contribution in [1.29, 1.82) is 0 Å². The van der Waals surface area contributed by atoms with Crippen molar-refractivity contribution >= 4 is 5.97 Å². The molecule has 0 aromatic heterocycles. The minimum atomic E-state index is -0.517. The number of carbonyl (C=O) groups excluding carboxylic acids is 1. The molecule has 0 heterocycles. The third kappa shape index (κ3) is 11.4. The second-order valence-electron chi connectivity index (χ2n) is 4.34. The molecule has 96 valence electrons. The number of nitrogens with two attached hydrogens (primary N) is 1. The number of methoxy groups -OCH3 is 1. The summed E-state index contributed by atoms with van der Waals surface area (Å²) < 4.78 is 15.0. The van der Waals surface area contributed by atoms with Crippen molar-refractivity contribution in [1.82, 2.24) is 0 Å². The second kappa shape index (κ2) is 8.50. The second-order valence-corrected chi connectivity index (χ2v) is 4.34. The number of hydrogen-bond acceptors (Lipinski definition) is 5. The summed E-state index contributed by atoms with van der Waals surface area (Å²) in [6.07, 6.45) is 1.07. The largest absolute Gasteiger partial charge is 0.463 e. The Labute approximate surface area is 97.2 Å². The molecule has 0 aliphatic heterocycles. The molecule has 0 aromatic carbocycles. The monoisotopic (exact) mass is 233 g/mol. The SMILES string of the molecule is COCCCOCCOC(=O)CC(C)(C)N. The van der Waals surface area contributed by atoms with Gasteiger partial charge in [0.1, 0.15) is 6.61 Å². The van der Waals surface area contributed by atoms with E-state index in [0.717, 1.165) is 6.42 Å². The Balaban J connectivity index is 3.28. The van der Waals surface area contributed by atoms with Gasteiger partial charge >= 0.3 is 5.97 Å². The lowest BCUT2D eigenvalue weighted by atomic mass is 10.0. The minimum Gasteiger partial charge on any atom is -0.463 e. The van der Waals surface area contributed by atoms with Gasteiger partial charge in [0.15, 0.2) is 0 Å². The van der Waals surface area contributed by atoms with Gasteiger partial charge in [-0.3, -0.25) is 4.79 Å². The predicted molar refractivity (Wildman–Crippen MR) is 61.2 cm³/mol. The number of hydrogen-bond donors (Lipinski definition) is 1. The van der Waals surface area contributed by atoms with Gasteiger partial charge in [-0.1, -0.05) is 0 Å². The highest BCUT2D eigenvalue weighted by Gasteiger charge is 2.17. The van der Waals surface area contributed by atoms with Crippen LogP contribution in [0.4, 0.5) is 0 Å². The Hall–Kier alpha value is -0.650. The van der Waals surface area contributed by atoms with Crippen molar-refractivity contribution in [3.63, 3.8) is 0 Å². The first kappa shape index (κ1) is 15.3. The highest BCUT2D eigenvalue weighted by Crippen LogP contribution is 2.04. The summed E-state index contributed by atoms with van der Waals surface area (Å²) in [6, 6.07) is 0. The normalized spacial score (nSPS) is 11.5. The van der Waals surface area contributed by atoms with Gasteiger partial charge in [0.05, 0.1) is 13.0 Å². The van der Waals surface area contributed by atoms with Gasteiger partial charge in [-0.05, 0) is 20.3 Å². The lowest BCUT2D eigenvalue weighted by molar-refractivity contribution is -0.146. The molecule has 0 aromatic rings. The predicted octanol–water partition coefficient (Wildman–Crippen LogP) is 0.710. The Kier molecular flexibility index (Phi) is 8.15. The summed E-state index contributed by atoms with van der Waals surface area (Å²) >= 11 is 0. The van der Waals surface area contributed by atoms with Crippen LogP contribution in [-0.4, -0.2) is 45.0 Å². The molecule has 16 heavy (non-hydrogen) atoms. The fourth-order valence-corrected chi connectivity index (χ4v) is 1.04. The lowest BCUT2D eigenvalue weighted by Crippen LogP contribution is -2.35. The molecule has 0 aliphatic carbocycles. The summed E-state index contributed by atoms with van der Waals surface area (Å²) in [7, 11) is 1.65. The minimum absolute atomic E-state index is 0.219. The van der Waals surface area contributed by atoms with Crippen LogP contribution >= 0.6 is 0 Å². The molecule has 5 heteroatoms. The standard InChI is InChI=1S/C11H23NO4/c1-11(2,12)9-10(13)16-8-7-15-6-4-5-14-3/h4-9,12H2,1-3H3. The highest BCUT2D eigenvalue weighted by molar-refractivity contribution is 5.70. The van der Waals surface area contributed by atoms with Gasteiger partial charge in [-0.25, -0.2) is 0 Å². The first-order valence-corrected chi connectivity index (χ1v) is 5.47. The average molecular weight is 233 g/mol. The topological polar surface area (TPSA) is 70.8 Å². The van der Waals surface area contributed by atoms with Crippen LogP contribution in [0.2, 0.25) is 0 Å². The van der Waals surface area contributed by atoms with E-state index in [4.69, 9.17) is 19.9 Å². The van der Waals surface area contributed by atoms with E-state index < -0.39 is 5.54 Å². The summed E-state index contributed by atoms with van der Waals surface area (Å²) in [5.41, 5.74) is 5.16. The van der Waals surface area contributed by atoms with Crippen LogP contribution in [-0.2, 0) is 19.0 Å². The molecule has 5 nitrogen and oxygen atoms in total. The molecule has 2 N–H and O–H groups in total. The van der Waals surface area contributed by atoms with Crippen LogP contribution in [0.3, 0.4) is 0 Å². The van der Waals surface area contributed by atoms with Crippen molar-refractivity contribution in [2.24, 2.45) is 5.73 Å². The summed E-state index contributed by atoms with van der Waals surface area (Å²) in [4.78, 5) is 11.2. The van der Waals surface area contributed by atoms with Gasteiger partial charge in [-0.2, -0.15) is 0 Å². The molecule has 0 saturated carbocycles. The number of esters is 1. The molecule has 0 saturated heterocycles. The lowest BCUT2D eigenvalue weighted by Gasteiger charge is -2.16. The zero-order valence-corrected chi connectivity index (χ0v) is 10.5. The van der Waals surface area contributed by atoms with E-state index >= 15 is 0 Å². The van der Waals surface area contributed by atoms with Crippen LogP contribution in [0, 0.1) is 0 Å². The van der Waals surface area contributed by atoms with E-state index in [2.05, 4.69) is 0 Å². The Morgan fingerprint density at radius 1 is 1.19 bits per heavy atom. The van der Waals surface area contributed by atoms with Crippen molar-refractivity contribution in [2.45, 2.75) is 32.2 Å². The Morgan fingerprint density at radius 2 is 1.88 bits per heavy atom. The van der Waals surface area contributed by atoms with Gasteiger partial charge in [0, 0.05) is 25.9 Å². The molecule has 0 aliphatic rings. The van der Waals surface area contributed by atoms with E-state index in [-0.39, 0.29) is 19.0 Å². The molecular weight excluding hydrogens is 210 g/mol. The van der Waals surface area contributed by atoms with E-state index in [1.165, 1.54) is 0 Å². The maximum absolute atomic E-state index is 11.2. The zero-order valence-electron chi connectivity index (χ0n) is 10.5. The van der Waals surface area contributed by atoms with Gasteiger partial charge in [0.2, 0.25) is 0 Å². The highest BCUT2D eigenvalue weighted by atomic mass is 16.6. The van der Waals surface area contributed by atoms with E-state index in [1.54, 1.807) is 21.0 Å². The van der Waals surface area contributed by atoms with E-state index in [1.807, 2.05) is 0 Å². The summed E-state index contributed by atoms with van der Waals surface area (Å²) in [5.74, 6) is -0.284. The molecular formula is C11H23NO4. The Bertz CT molecular complexity index is 189. The Morgan fingerprint density at radius 3 is 2.44 bits per heavy atom. The van der Waals surface area contributed by atoms with Crippen LogP contribution < -0.4 is 5.73 Å². The van der Waals surface area contributed by atoms with Gasteiger partial charge in [0.25, 0.3) is 0 Å². The number of carbonyl (C=O) groups is 1. The van der Waals surface area contributed by atoms with Crippen molar-refractivity contribution < 1.29 is 19.0 Å². The van der Waals surface area contributed by atoms with Gasteiger partial charge < -0.3 is 19.9 Å². The number of rotatable bonds is 9. The molecule has 0 radical (unpaired) electrons. The maximum atomic E-state index is 11.2. The van der Waals surface area contributed by atoms with Crippen molar-refractivity contribution in [2.75, 3.05) is 33.5 Å². The van der Waals surface area contributed by atoms with Crippen molar-refractivity contribution in [3.8, 4) is 0 Å². The molecule has 0 rings (SSSR count). The fourth-order valence-electron chi connectivity index (χ4n) is 1.04. The quantitative estimate of drug-likeness (QED) is 0.469. The molecule has 0 atom stereocenters. The molecule has 0 fully saturated rings. The first-order valence-electron chi connectivity index (χ1n) is 5.47. The van der Waals surface area contributed by atoms with E-state index in [0.29, 0.717) is 19.8 Å². The summed E-state index contributed by atoms with van der Waals surface area (Å²) in [5, 5.41) is 0. The molecule has 0 amide bonds. The maximum Gasteiger partial charge on any atom is 0.307 e. The average Bonchev–Trinajstić information content (AvgIpc) is 2.13. The van der Waals surface area contributed by atoms with Crippen molar-refractivity contribution in [3.05, 3.63) is 0 Å². The third-order valence-electron chi connectivity index (χ3n) is 1.73. The smallest absolute Gasteiger partial charge is 0.307 e. The fraction of sp³-hybridized carbons (Fsp3) is 0.909. The zero-order chi connectivity index (χ0) is 12.4. The molecule has 0 unspecified atom stereocenters. The van der Waals surface area contributed by atoms with E-state index in [9.17, 15) is 4.79 Å². The van der Waals surface area contributed by atoms with Crippen LogP contribution in [0.5, 0.6) is 0 Å². The first-order chi connectivity index (χ1) is 7.45. The van der Waals surface area contributed by atoms with Crippen LogP contribution in [0.25, 0.3) is 0 Å². The summed E-state index contributed by atoms with van der Waals surface area (Å²) in [6.45, 7) is 5.57. The van der Waals surface area contributed by atoms with Crippen LogP contribution in [0.1, 0.15) is 26.7 Å². The molecule has 0 spiro atoms. The molecule has 0 bridgehead atoms. The van der Waals surface area contributed by atoms with Crippen LogP contribution in [0.15, 0.2) is 0 Å². The third-order valence-corrected chi connectivity index (χ3v) is 1.73. The van der Waals surface area contributed by atoms with Gasteiger partial charge in [-0.15, -0.1) is 0 Å².